The average Bonchev–Trinajstić information content (AvgIpc) is 2.46. The first-order valence-electron chi connectivity index (χ1n) is 4.98. The predicted octanol–water partition coefficient (Wildman–Crippen LogP) is 3.29. The van der Waals surface area contributed by atoms with Gasteiger partial charge in [-0.15, -0.1) is 11.3 Å². The Kier molecular flexibility index (Phi) is 4.21. The summed E-state index contributed by atoms with van der Waals surface area (Å²) in [6.45, 7) is 7.59. The smallest absolute Gasteiger partial charge is 0.206 e. The first-order chi connectivity index (χ1) is 7.18. The molecule has 0 amide bonds. The van der Waals surface area contributed by atoms with Gasteiger partial charge in [0, 0.05) is 5.54 Å². The number of nitrogens with one attached hydrogen (secondary N) is 1. The summed E-state index contributed by atoms with van der Waals surface area (Å²) in [6.07, 6.45) is 0.748. The van der Waals surface area contributed by atoms with Gasteiger partial charge in [-0.3, -0.25) is 0 Å². The zero-order chi connectivity index (χ0) is 12.6. The van der Waals surface area contributed by atoms with E-state index in [2.05, 4.69) is 20.7 Å². The summed E-state index contributed by atoms with van der Waals surface area (Å²) in [4.78, 5) is 0. The highest BCUT2D eigenvalue weighted by molar-refractivity contribution is 9.11. The van der Waals surface area contributed by atoms with Gasteiger partial charge >= 0.3 is 0 Å². The minimum absolute atomic E-state index is 0.360. The summed E-state index contributed by atoms with van der Waals surface area (Å²) in [5.41, 5.74) is 0.531. The van der Waals surface area contributed by atoms with Gasteiger partial charge in [-0.05, 0) is 54.8 Å². The lowest BCUT2D eigenvalue weighted by molar-refractivity contribution is 0.440. The van der Waals surface area contributed by atoms with E-state index >= 15 is 0 Å². The van der Waals surface area contributed by atoms with Crippen molar-refractivity contribution in [3.05, 3.63) is 15.4 Å². The summed E-state index contributed by atoms with van der Waals surface area (Å²) >= 11 is 4.57. The van der Waals surface area contributed by atoms with Crippen LogP contribution in [-0.2, 0) is 10.0 Å². The van der Waals surface area contributed by atoms with E-state index in [9.17, 15) is 8.42 Å². The molecule has 0 aromatic carbocycles. The lowest BCUT2D eigenvalue weighted by Gasteiger charge is -2.23. The fourth-order valence-corrected chi connectivity index (χ4v) is 4.76. The molecule has 6 heteroatoms. The molecule has 0 fully saturated rings. The maximum atomic E-state index is 12.1. The minimum Gasteiger partial charge on any atom is -0.206 e. The molecule has 0 radical (unpaired) electrons. The molecule has 0 aliphatic rings. The van der Waals surface area contributed by atoms with Crippen LogP contribution in [0.4, 0.5) is 0 Å². The summed E-state index contributed by atoms with van der Waals surface area (Å²) < 4.78 is 28.0. The quantitative estimate of drug-likeness (QED) is 0.923. The van der Waals surface area contributed by atoms with E-state index in [-0.39, 0.29) is 0 Å². The molecule has 1 aromatic rings. The van der Waals surface area contributed by atoms with E-state index in [4.69, 9.17) is 0 Å². The van der Waals surface area contributed by atoms with Crippen LogP contribution >= 0.6 is 27.3 Å². The molecule has 0 atom stereocenters. The number of aryl methyl sites for hydroxylation is 1. The molecule has 3 nitrogen and oxygen atoms in total. The normalized spacial score (nSPS) is 13.1. The third-order valence-electron chi connectivity index (χ3n) is 2.39. The summed E-state index contributed by atoms with van der Waals surface area (Å²) in [5.74, 6) is 0. The minimum atomic E-state index is -3.39. The van der Waals surface area contributed by atoms with Crippen LogP contribution in [0.1, 0.15) is 32.8 Å². The molecule has 0 aliphatic carbocycles. The van der Waals surface area contributed by atoms with Gasteiger partial charge in [-0.2, -0.15) is 0 Å². The maximum absolute atomic E-state index is 12.1. The molecule has 0 spiro atoms. The monoisotopic (exact) mass is 325 g/mol. The van der Waals surface area contributed by atoms with Crippen LogP contribution in [0, 0.1) is 6.92 Å². The van der Waals surface area contributed by atoms with Crippen LogP contribution in [0.3, 0.4) is 0 Å². The molecule has 1 aromatic heterocycles. The zero-order valence-corrected chi connectivity index (χ0v) is 13.0. The fourth-order valence-electron chi connectivity index (χ4n) is 1.05. The summed E-state index contributed by atoms with van der Waals surface area (Å²) in [5, 5.41) is 0. The molecule has 1 rings (SSSR count). The number of hydrogen-bond acceptors (Lipinski definition) is 3. The van der Waals surface area contributed by atoms with Crippen molar-refractivity contribution in [1.29, 1.82) is 0 Å². The van der Waals surface area contributed by atoms with E-state index in [1.54, 1.807) is 6.07 Å². The van der Waals surface area contributed by atoms with Gasteiger partial charge in [0.25, 0.3) is 10.0 Å². The average molecular weight is 326 g/mol. The highest BCUT2D eigenvalue weighted by atomic mass is 79.9. The van der Waals surface area contributed by atoms with Crippen molar-refractivity contribution in [1.82, 2.24) is 4.72 Å². The molecule has 1 N–H and O–H groups in total. The largest absolute Gasteiger partial charge is 0.250 e. The van der Waals surface area contributed by atoms with E-state index in [1.807, 2.05) is 27.7 Å². The van der Waals surface area contributed by atoms with Gasteiger partial charge < -0.3 is 0 Å². The van der Waals surface area contributed by atoms with Gasteiger partial charge in [0.15, 0.2) is 0 Å². The molecule has 0 bridgehead atoms. The van der Waals surface area contributed by atoms with Crippen molar-refractivity contribution in [3.63, 3.8) is 0 Å². The Morgan fingerprint density at radius 2 is 2.06 bits per heavy atom. The molecule has 92 valence electrons. The highest BCUT2D eigenvalue weighted by Crippen LogP contribution is 2.31. The van der Waals surface area contributed by atoms with Crippen LogP contribution in [-0.4, -0.2) is 14.0 Å². The van der Waals surface area contributed by atoms with E-state index in [0.29, 0.717) is 4.21 Å². The number of thiophene rings is 1. The molecule has 0 saturated heterocycles. The third kappa shape index (κ3) is 3.29. The first-order valence-corrected chi connectivity index (χ1v) is 8.07. The second kappa shape index (κ2) is 4.76. The molecule has 0 saturated carbocycles. The van der Waals surface area contributed by atoms with Crippen molar-refractivity contribution in [3.8, 4) is 0 Å². The number of halogens is 1. The lowest BCUT2D eigenvalue weighted by atomic mass is 10.0. The number of rotatable bonds is 4. The second-order valence-electron chi connectivity index (χ2n) is 4.37. The van der Waals surface area contributed by atoms with Crippen LogP contribution in [0.5, 0.6) is 0 Å². The summed E-state index contributed by atoms with van der Waals surface area (Å²) in [6, 6.07) is 1.68. The zero-order valence-electron chi connectivity index (χ0n) is 9.80. The molecule has 0 unspecified atom stereocenters. The third-order valence-corrected chi connectivity index (χ3v) is 6.70. The Morgan fingerprint density at radius 1 is 1.50 bits per heavy atom. The van der Waals surface area contributed by atoms with Crippen LogP contribution in [0.2, 0.25) is 0 Å². The SMILES string of the molecule is CCC(C)(C)NS(=O)(=O)c1cc(C)c(Br)s1. The number of hydrogen-bond donors (Lipinski definition) is 1. The van der Waals surface area contributed by atoms with E-state index in [0.717, 1.165) is 15.8 Å². The lowest BCUT2D eigenvalue weighted by Crippen LogP contribution is -2.42. The maximum Gasteiger partial charge on any atom is 0.250 e. The van der Waals surface area contributed by atoms with E-state index < -0.39 is 15.6 Å². The van der Waals surface area contributed by atoms with Gasteiger partial charge in [-0.25, -0.2) is 13.1 Å². The van der Waals surface area contributed by atoms with Crippen LogP contribution in [0.25, 0.3) is 0 Å². The Bertz CT molecular complexity index is 458. The Balaban J connectivity index is 3.04. The Labute approximate surface area is 109 Å². The second-order valence-corrected chi connectivity index (χ2v) is 8.64. The van der Waals surface area contributed by atoms with Crippen molar-refractivity contribution in [2.45, 2.75) is 43.9 Å². The molecule has 0 aliphatic heterocycles. The van der Waals surface area contributed by atoms with Crippen molar-refractivity contribution >= 4 is 37.3 Å². The van der Waals surface area contributed by atoms with Crippen molar-refractivity contribution in [2.75, 3.05) is 0 Å². The van der Waals surface area contributed by atoms with Gasteiger partial charge in [0.2, 0.25) is 0 Å². The Hall–Kier alpha value is 0.0900. The Morgan fingerprint density at radius 3 is 2.44 bits per heavy atom. The highest BCUT2D eigenvalue weighted by Gasteiger charge is 2.26. The molecule has 16 heavy (non-hydrogen) atoms. The van der Waals surface area contributed by atoms with Gasteiger partial charge in [-0.1, -0.05) is 6.92 Å². The molecular weight excluding hydrogens is 310 g/mol. The van der Waals surface area contributed by atoms with Crippen LogP contribution < -0.4 is 4.72 Å². The fraction of sp³-hybridized carbons (Fsp3) is 0.600. The van der Waals surface area contributed by atoms with Gasteiger partial charge in [0.05, 0.1) is 3.79 Å². The topological polar surface area (TPSA) is 46.2 Å². The van der Waals surface area contributed by atoms with Crippen molar-refractivity contribution < 1.29 is 8.42 Å². The van der Waals surface area contributed by atoms with Gasteiger partial charge in [0.1, 0.15) is 4.21 Å². The molecular formula is C10H16BrNO2S2. The standard InChI is InChI=1S/C10H16BrNO2S2/c1-5-10(3,4)12-16(13,14)8-6-7(2)9(11)15-8/h6,12H,5H2,1-4H3. The number of sulfonamides is 1. The van der Waals surface area contributed by atoms with E-state index in [1.165, 1.54) is 11.3 Å². The predicted molar refractivity (Wildman–Crippen MR) is 71.4 cm³/mol. The molecule has 1 heterocycles. The van der Waals surface area contributed by atoms with Crippen LogP contribution in [0.15, 0.2) is 14.1 Å². The first kappa shape index (κ1) is 14.2. The van der Waals surface area contributed by atoms with Crippen molar-refractivity contribution in [2.24, 2.45) is 0 Å². The summed E-state index contributed by atoms with van der Waals surface area (Å²) in [7, 11) is -3.39.